The maximum atomic E-state index is 11.9. The van der Waals surface area contributed by atoms with E-state index in [1.807, 2.05) is 0 Å². The van der Waals surface area contributed by atoms with E-state index in [0.29, 0.717) is 23.4 Å². The summed E-state index contributed by atoms with van der Waals surface area (Å²) in [4.78, 5) is 16.0. The van der Waals surface area contributed by atoms with Crippen LogP contribution in [-0.4, -0.2) is 48.0 Å². The van der Waals surface area contributed by atoms with Crippen molar-refractivity contribution in [3.05, 3.63) is 22.9 Å². The number of ether oxygens (including phenoxy) is 2. The number of likely N-dealkylation sites (tertiary alicyclic amines) is 1. The Labute approximate surface area is 120 Å². The quantitative estimate of drug-likeness (QED) is 0.611. The number of aromatic nitrogens is 1. The Morgan fingerprint density at radius 2 is 2.15 bits per heavy atom. The average molecular weight is 355 g/mol. The minimum absolute atomic E-state index is 0.150. The second kappa shape index (κ2) is 5.96. The molecule has 20 heavy (non-hydrogen) atoms. The van der Waals surface area contributed by atoms with E-state index >= 15 is 0 Å². The van der Waals surface area contributed by atoms with Gasteiger partial charge in [0.15, 0.2) is 0 Å². The highest BCUT2D eigenvalue weighted by molar-refractivity contribution is 9.10. The van der Waals surface area contributed by atoms with Crippen molar-refractivity contribution in [1.29, 1.82) is 0 Å². The lowest BCUT2D eigenvalue weighted by Crippen LogP contribution is -2.54. The molecule has 9 heteroatoms. The Morgan fingerprint density at radius 3 is 2.70 bits per heavy atom. The first-order chi connectivity index (χ1) is 9.34. The second-order valence-electron chi connectivity index (χ2n) is 4.15. The van der Waals surface area contributed by atoms with Gasteiger partial charge in [0.1, 0.15) is 23.2 Å². The Morgan fingerprint density at radius 1 is 1.45 bits per heavy atom. The number of alkyl halides is 3. The maximum Gasteiger partial charge on any atom is 0.490 e. The molecule has 0 aliphatic carbocycles. The minimum Gasteiger partial charge on any atom is -0.486 e. The Kier molecular flexibility index (Phi) is 4.48. The SMILES string of the molecule is O=C(OCN1CC(Oc2ccc(Br)nc2)C1)C(F)(F)F. The van der Waals surface area contributed by atoms with Crippen LogP contribution in [0.3, 0.4) is 0 Å². The van der Waals surface area contributed by atoms with Gasteiger partial charge in [0.2, 0.25) is 0 Å². The fourth-order valence-corrected chi connectivity index (χ4v) is 1.79. The summed E-state index contributed by atoms with van der Waals surface area (Å²) in [7, 11) is 0. The van der Waals surface area contributed by atoms with Crippen molar-refractivity contribution in [2.24, 2.45) is 0 Å². The van der Waals surface area contributed by atoms with Crippen molar-refractivity contribution < 1.29 is 27.4 Å². The second-order valence-corrected chi connectivity index (χ2v) is 4.96. The van der Waals surface area contributed by atoms with Gasteiger partial charge in [-0.05, 0) is 28.1 Å². The van der Waals surface area contributed by atoms with E-state index in [1.54, 1.807) is 12.1 Å². The number of carbonyl (C=O) groups is 1. The molecule has 2 rings (SSSR count). The monoisotopic (exact) mass is 354 g/mol. The maximum absolute atomic E-state index is 11.9. The Balaban J connectivity index is 1.67. The highest BCUT2D eigenvalue weighted by Gasteiger charge is 2.41. The fraction of sp³-hybridized carbons (Fsp3) is 0.455. The van der Waals surface area contributed by atoms with Gasteiger partial charge in [0.25, 0.3) is 0 Å². The number of esters is 1. The molecule has 0 saturated carbocycles. The molecule has 0 bridgehead atoms. The Hall–Kier alpha value is -1.35. The van der Waals surface area contributed by atoms with Crippen molar-refractivity contribution >= 4 is 21.9 Å². The van der Waals surface area contributed by atoms with Crippen LogP contribution in [0.2, 0.25) is 0 Å². The first kappa shape index (κ1) is 15.0. The number of pyridine rings is 1. The van der Waals surface area contributed by atoms with Crippen molar-refractivity contribution in [2.75, 3.05) is 19.8 Å². The number of hydrogen-bond donors (Lipinski definition) is 0. The van der Waals surface area contributed by atoms with E-state index in [1.165, 1.54) is 11.1 Å². The molecule has 5 nitrogen and oxygen atoms in total. The van der Waals surface area contributed by atoms with Crippen LogP contribution < -0.4 is 4.74 Å². The smallest absolute Gasteiger partial charge is 0.486 e. The van der Waals surface area contributed by atoms with Crippen molar-refractivity contribution in [3.63, 3.8) is 0 Å². The van der Waals surface area contributed by atoms with Crippen LogP contribution in [-0.2, 0) is 9.53 Å². The van der Waals surface area contributed by atoms with Gasteiger partial charge in [-0.3, -0.25) is 4.90 Å². The highest BCUT2D eigenvalue weighted by Crippen LogP contribution is 2.20. The van der Waals surface area contributed by atoms with Crippen molar-refractivity contribution in [1.82, 2.24) is 9.88 Å². The van der Waals surface area contributed by atoms with Crippen LogP contribution in [0, 0.1) is 0 Å². The summed E-state index contributed by atoms with van der Waals surface area (Å²) in [5, 5.41) is 0. The van der Waals surface area contributed by atoms with E-state index in [2.05, 4.69) is 25.7 Å². The third kappa shape index (κ3) is 4.07. The first-order valence-corrected chi connectivity index (χ1v) is 6.38. The molecule has 0 aromatic carbocycles. The molecule has 1 saturated heterocycles. The van der Waals surface area contributed by atoms with Crippen LogP contribution in [0.25, 0.3) is 0 Å². The molecule has 1 aromatic heterocycles. The minimum atomic E-state index is -4.95. The third-order valence-corrected chi connectivity index (χ3v) is 3.01. The lowest BCUT2D eigenvalue weighted by atomic mass is 10.2. The molecular formula is C11H10BrF3N2O3. The van der Waals surface area contributed by atoms with Gasteiger partial charge < -0.3 is 9.47 Å². The lowest BCUT2D eigenvalue weighted by molar-refractivity contribution is -0.206. The average Bonchev–Trinajstić information content (AvgIpc) is 2.32. The number of carbonyl (C=O) groups excluding carboxylic acids is 1. The molecular weight excluding hydrogens is 345 g/mol. The lowest BCUT2D eigenvalue weighted by Gasteiger charge is -2.38. The normalized spacial score (nSPS) is 16.6. The number of halogens is 4. The van der Waals surface area contributed by atoms with E-state index < -0.39 is 18.9 Å². The van der Waals surface area contributed by atoms with Gasteiger partial charge in [0, 0.05) is 13.1 Å². The van der Waals surface area contributed by atoms with Crippen LogP contribution in [0.1, 0.15) is 0 Å². The molecule has 1 aliphatic rings. The Bertz CT molecular complexity index is 475. The summed E-state index contributed by atoms with van der Waals surface area (Å²) >= 11 is 3.19. The van der Waals surface area contributed by atoms with Gasteiger partial charge in [0.05, 0.1) is 6.20 Å². The summed E-state index contributed by atoms with van der Waals surface area (Å²) in [5.41, 5.74) is 0. The van der Waals surface area contributed by atoms with E-state index in [4.69, 9.17) is 4.74 Å². The predicted molar refractivity (Wildman–Crippen MR) is 64.9 cm³/mol. The van der Waals surface area contributed by atoms with Gasteiger partial charge in [-0.1, -0.05) is 0 Å². The summed E-state index contributed by atoms with van der Waals surface area (Å²) in [5.74, 6) is -1.61. The molecule has 1 aliphatic heterocycles. The fourth-order valence-electron chi connectivity index (χ4n) is 1.56. The van der Waals surface area contributed by atoms with Crippen LogP contribution >= 0.6 is 15.9 Å². The van der Waals surface area contributed by atoms with E-state index in [0.717, 1.165) is 0 Å². The van der Waals surface area contributed by atoms with E-state index in [-0.39, 0.29) is 6.10 Å². The standard InChI is InChI=1S/C11H10BrF3N2O3/c12-9-2-1-7(3-16-9)20-8-4-17(5-8)6-19-10(18)11(13,14)15/h1-3,8H,4-6H2. The zero-order valence-corrected chi connectivity index (χ0v) is 11.6. The molecule has 110 valence electrons. The highest BCUT2D eigenvalue weighted by atomic mass is 79.9. The van der Waals surface area contributed by atoms with Crippen LogP contribution in [0.15, 0.2) is 22.9 Å². The summed E-state index contributed by atoms with van der Waals surface area (Å²) in [6, 6.07) is 3.44. The first-order valence-electron chi connectivity index (χ1n) is 5.59. The van der Waals surface area contributed by atoms with Gasteiger partial charge >= 0.3 is 12.1 Å². The molecule has 1 fully saturated rings. The molecule has 0 spiro atoms. The summed E-state index contributed by atoms with van der Waals surface area (Å²) < 4.78 is 46.0. The molecule has 2 heterocycles. The molecule has 1 aromatic rings. The number of hydrogen-bond acceptors (Lipinski definition) is 5. The zero-order valence-electron chi connectivity index (χ0n) is 10.1. The molecule has 0 atom stereocenters. The third-order valence-electron chi connectivity index (χ3n) is 2.54. The zero-order chi connectivity index (χ0) is 14.8. The predicted octanol–water partition coefficient (Wildman–Crippen LogP) is 1.97. The van der Waals surface area contributed by atoms with Crippen molar-refractivity contribution in [2.45, 2.75) is 12.3 Å². The van der Waals surface area contributed by atoms with Crippen molar-refractivity contribution in [3.8, 4) is 5.75 Å². The van der Waals surface area contributed by atoms with Crippen LogP contribution in [0.4, 0.5) is 13.2 Å². The molecule has 0 amide bonds. The van der Waals surface area contributed by atoms with Gasteiger partial charge in [-0.15, -0.1) is 0 Å². The molecule has 0 radical (unpaired) electrons. The summed E-state index contributed by atoms with van der Waals surface area (Å²) in [6.07, 6.45) is -3.57. The molecule has 0 N–H and O–H groups in total. The van der Waals surface area contributed by atoms with E-state index in [9.17, 15) is 18.0 Å². The van der Waals surface area contributed by atoms with Gasteiger partial charge in [-0.2, -0.15) is 13.2 Å². The number of nitrogens with zero attached hydrogens (tertiary/aromatic N) is 2. The number of rotatable bonds is 4. The van der Waals surface area contributed by atoms with Gasteiger partial charge in [-0.25, -0.2) is 9.78 Å². The summed E-state index contributed by atoms with van der Waals surface area (Å²) in [6.45, 7) is 0.388. The molecule has 0 unspecified atom stereocenters. The van der Waals surface area contributed by atoms with Crippen LogP contribution in [0.5, 0.6) is 5.75 Å². The largest absolute Gasteiger partial charge is 0.490 e. The topological polar surface area (TPSA) is 51.7 Å².